The van der Waals surface area contributed by atoms with E-state index < -0.39 is 11.9 Å². The molecule has 0 saturated heterocycles. The van der Waals surface area contributed by atoms with Gasteiger partial charge in [-0.3, -0.25) is 0 Å². The van der Waals surface area contributed by atoms with Crippen molar-refractivity contribution in [2.24, 2.45) is 5.92 Å². The fraction of sp³-hybridized carbons (Fsp3) is 0.393. The average molecular weight is 524 g/mol. The summed E-state index contributed by atoms with van der Waals surface area (Å²) in [5.41, 5.74) is 0.726. The molecule has 2 aromatic carbocycles. The zero-order chi connectivity index (χ0) is 26.7. The molecule has 200 valence electrons. The molecular formula is C28H32F3N7. The van der Waals surface area contributed by atoms with Gasteiger partial charge < -0.3 is 15.5 Å². The van der Waals surface area contributed by atoms with Crippen molar-refractivity contribution in [3.8, 4) is 5.69 Å². The lowest BCUT2D eigenvalue weighted by Crippen LogP contribution is -2.32. The van der Waals surface area contributed by atoms with Crippen LogP contribution in [0.25, 0.3) is 16.6 Å². The van der Waals surface area contributed by atoms with Crippen LogP contribution in [0.15, 0.2) is 60.8 Å². The Bertz CT molecular complexity index is 1360. The van der Waals surface area contributed by atoms with E-state index in [2.05, 4.69) is 15.7 Å². The van der Waals surface area contributed by atoms with E-state index in [1.54, 1.807) is 30.3 Å². The molecule has 38 heavy (non-hydrogen) atoms. The molecule has 2 aromatic heterocycles. The average Bonchev–Trinajstić information content (AvgIpc) is 3.34. The quantitative estimate of drug-likeness (QED) is 0.311. The summed E-state index contributed by atoms with van der Waals surface area (Å²) >= 11 is 0. The minimum atomic E-state index is -4.50. The Morgan fingerprint density at radius 1 is 0.947 bits per heavy atom. The smallest absolute Gasteiger partial charge is 0.362 e. The summed E-state index contributed by atoms with van der Waals surface area (Å²) in [7, 11) is 3.95. The molecule has 0 amide bonds. The maximum Gasteiger partial charge on any atom is 0.433 e. The van der Waals surface area contributed by atoms with Crippen molar-refractivity contribution in [3.63, 3.8) is 0 Å². The lowest BCUT2D eigenvalue weighted by Gasteiger charge is -2.29. The summed E-state index contributed by atoms with van der Waals surface area (Å²) < 4.78 is 42.6. The number of nitrogens with zero attached hydrogens (tertiary/aromatic N) is 5. The van der Waals surface area contributed by atoms with E-state index in [9.17, 15) is 13.2 Å². The number of rotatable bonds is 8. The number of hydrogen-bond acceptors (Lipinski definition) is 6. The summed E-state index contributed by atoms with van der Waals surface area (Å²) in [6, 6.07) is 16.7. The molecule has 0 unspecified atom stereocenters. The Balaban J connectivity index is 1.16. The predicted molar refractivity (Wildman–Crippen MR) is 144 cm³/mol. The second-order valence-corrected chi connectivity index (χ2v) is 10.0. The summed E-state index contributed by atoms with van der Waals surface area (Å²) in [6.45, 7) is 0.788. The van der Waals surface area contributed by atoms with Gasteiger partial charge >= 0.3 is 6.18 Å². The van der Waals surface area contributed by atoms with Gasteiger partial charge in [-0.15, -0.1) is 0 Å². The van der Waals surface area contributed by atoms with E-state index in [0.29, 0.717) is 24.1 Å². The van der Waals surface area contributed by atoms with E-state index in [1.165, 1.54) is 6.20 Å². The first-order valence-corrected chi connectivity index (χ1v) is 12.9. The molecule has 4 aromatic rings. The third-order valence-electron chi connectivity index (χ3n) is 7.05. The van der Waals surface area contributed by atoms with Crippen molar-refractivity contribution in [3.05, 3.63) is 72.1 Å². The molecule has 0 bridgehead atoms. The minimum absolute atomic E-state index is 0.123. The van der Waals surface area contributed by atoms with Gasteiger partial charge in [0.25, 0.3) is 0 Å². The number of hydrogen-bond donors (Lipinski definition) is 2. The van der Waals surface area contributed by atoms with Gasteiger partial charge in [0.15, 0.2) is 5.69 Å². The van der Waals surface area contributed by atoms with Crippen LogP contribution in [0, 0.1) is 5.92 Å². The van der Waals surface area contributed by atoms with Crippen LogP contribution in [0.4, 0.5) is 24.9 Å². The van der Waals surface area contributed by atoms with Crippen molar-refractivity contribution < 1.29 is 13.2 Å². The Kier molecular flexibility index (Phi) is 7.51. The molecule has 1 aliphatic rings. The molecule has 1 fully saturated rings. The van der Waals surface area contributed by atoms with Gasteiger partial charge in [0.1, 0.15) is 5.82 Å². The highest BCUT2D eigenvalue weighted by molar-refractivity contribution is 5.90. The second kappa shape index (κ2) is 11.0. The molecular weight excluding hydrogens is 491 g/mol. The molecule has 0 aliphatic heterocycles. The largest absolute Gasteiger partial charge is 0.433 e. The molecule has 1 aliphatic carbocycles. The first kappa shape index (κ1) is 26.0. The van der Waals surface area contributed by atoms with E-state index >= 15 is 0 Å². The summed E-state index contributed by atoms with van der Waals surface area (Å²) in [5, 5.41) is 11.8. The number of benzene rings is 2. The van der Waals surface area contributed by atoms with Crippen molar-refractivity contribution in [1.82, 2.24) is 25.1 Å². The fourth-order valence-electron chi connectivity index (χ4n) is 5.15. The predicted octanol–water partition coefficient (Wildman–Crippen LogP) is 5.66. The number of nitrogens with one attached hydrogen (secondary N) is 2. The van der Waals surface area contributed by atoms with Crippen LogP contribution < -0.4 is 15.5 Å². The van der Waals surface area contributed by atoms with Crippen LogP contribution in [0.1, 0.15) is 36.9 Å². The lowest BCUT2D eigenvalue weighted by molar-refractivity contribution is -0.143. The number of aromatic nitrogens is 4. The third kappa shape index (κ3) is 5.75. The van der Waals surface area contributed by atoms with Crippen molar-refractivity contribution in [1.29, 1.82) is 0 Å². The SMILES string of the molecule is CN(C)c1nc(NC2CCC(CNCc3cnn(-c4ccccc4)c3C(F)(F)F)CC2)nc2ccccc12. The van der Waals surface area contributed by atoms with E-state index in [1.807, 2.05) is 43.3 Å². The van der Waals surface area contributed by atoms with E-state index in [-0.39, 0.29) is 18.2 Å². The number of anilines is 2. The highest BCUT2D eigenvalue weighted by Crippen LogP contribution is 2.34. The molecule has 10 heteroatoms. The Labute approximate surface area is 220 Å². The number of halogens is 3. The van der Waals surface area contributed by atoms with Crippen LogP contribution in [-0.2, 0) is 12.7 Å². The van der Waals surface area contributed by atoms with E-state index in [0.717, 1.165) is 47.1 Å². The Morgan fingerprint density at radius 3 is 2.37 bits per heavy atom. The molecule has 0 radical (unpaired) electrons. The molecule has 0 atom stereocenters. The van der Waals surface area contributed by atoms with Crippen LogP contribution in [0.3, 0.4) is 0 Å². The van der Waals surface area contributed by atoms with Crippen molar-refractivity contribution >= 4 is 22.7 Å². The van der Waals surface area contributed by atoms with Gasteiger partial charge in [0, 0.05) is 37.6 Å². The number of para-hydroxylation sites is 2. The number of alkyl halides is 3. The normalized spacial score (nSPS) is 18.0. The molecule has 1 saturated carbocycles. The second-order valence-electron chi connectivity index (χ2n) is 10.0. The van der Waals surface area contributed by atoms with Gasteiger partial charge in [0.2, 0.25) is 5.95 Å². The zero-order valence-electron chi connectivity index (χ0n) is 21.5. The molecule has 7 nitrogen and oxygen atoms in total. The highest BCUT2D eigenvalue weighted by atomic mass is 19.4. The van der Waals surface area contributed by atoms with Crippen LogP contribution in [0.5, 0.6) is 0 Å². The Morgan fingerprint density at radius 2 is 1.66 bits per heavy atom. The maximum absolute atomic E-state index is 13.9. The summed E-state index contributed by atoms with van der Waals surface area (Å²) in [6.07, 6.45) is 0.696. The first-order chi connectivity index (χ1) is 18.3. The van der Waals surface area contributed by atoms with Gasteiger partial charge in [0.05, 0.1) is 17.4 Å². The monoisotopic (exact) mass is 523 g/mol. The Hall–Kier alpha value is -3.66. The van der Waals surface area contributed by atoms with Crippen LogP contribution in [0.2, 0.25) is 0 Å². The van der Waals surface area contributed by atoms with Gasteiger partial charge in [-0.2, -0.15) is 23.3 Å². The van der Waals surface area contributed by atoms with Gasteiger partial charge in [-0.25, -0.2) is 9.67 Å². The third-order valence-corrected chi connectivity index (χ3v) is 7.05. The standard InChI is InChI=1S/C28H32F3N7/c1-37(2)26-23-10-6-7-11-24(23)35-27(36-26)34-21-14-12-19(13-15-21)16-32-17-20-18-33-38(25(20)28(29,30)31)22-8-4-3-5-9-22/h3-11,18-19,21,32H,12-17H2,1-2H3,(H,34,35,36). The summed E-state index contributed by atoms with van der Waals surface area (Å²) in [4.78, 5) is 11.4. The lowest BCUT2D eigenvalue weighted by atomic mass is 9.86. The topological polar surface area (TPSA) is 70.9 Å². The van der Waals surface area contributed by atoms with Crippen molar-refractivity contribution in [2.75, 3.05) is 30.9 Å². The highest BCUT2D eigenvalue weighted by Gasteiger charge is 2.38. The molecule has 0 spiro atoms. The van der Waals surface area contributed by atoms with Gasteiger partial charge in [-0.1, -0.05) is 30.3 Å². The van der Waals surface area contributed by atoms with Gasteiger partial charge in [-0.05, 0) is 62.4 Å². The van der Waals surface area contributed by atoms with Crippen LogP contribution in [-0.4, -0.2) is 46.4 Å². The maximum atomic E-state index is 13.9. The fourth-order valence-corrected chi connectivity index (χ4v) is 5.15. The molecule has 5 rings (SSSR count). The zero-order valence-corrected chi connectivity index (χ0v) is 21.5. The molecule has 2 heterocycles. The first-order valence-electron chi connectivity index (χ1n) is 12.9. The van der Waals surface area contributed by atoms with E-state index in [4.69, 9.17) is 9.97 Å². The van der Waals surface area contributed by atoms with Crippen LogP contribution >= 0.6 is 0 Å². The summed E-state index contributed by atoms with van der Waals surface area (Å²) in [5.74, 6) is 1.91. The van der Waals surface area contributed by atoms with Crippen molar-refractivity contribution in [2.45, 2.75) is 44.4 Å². The molecule has 2 N–H and O–H groups in total. The minimum Gasteiger partial charge on any atom is -0.362 e. The number of fused-ring (bicyclic) bond motifs is 1.